The van der Waals surface area contributed by atoms with Crippen LogP contribution in [0.3, 0.4) is 0 Å². The van der Waals surface area contributed by atoms with Crippen LogP contribution in [0.5, 0.6) is 0 Å². The highest BCUT2D eigenvalue weighted by Crippen LogP contribution is 2.13. The van der Waals surface area contributed by atoms with Gasteiger partial charge in [0.25, 0.3) is 0 Å². The molecule has 1 saturated heterocycles. The van der Waals surface area contributed by atoms with Gasteiger partial charge in [-0.25, -0.2) is 4.79 Å². The van der Waals surface area contributed by atoms with Crippen LogP contribution in [0.15, 0.2) is 6.20 Å². The molecular formula is C11H14N4O4. The highest BCUT2D eigenvalue weighted by molar-refractivity contribution is 5.93. The molecule has 0 aromatic carbocycles. The van der Waals surface area contributed by atoms with Crippen LogP contribution in [0.4, 0.5) is 0 Å². The van der Waals surface area contributed by atoms with Crippen LogP contribution >= 0.6 is 0 Å². The fourth-order valence-electron chi connectivity index (χ4n) is 1.92. The Labute approximate surface area is 109 Å². The summed E-state index contributed by atoms with van der Waals surface area (Å²) in [5.74, 6) is -1.48. The van der Waals surface area contributed by atoms with E-state index in [1.165, 1.54) is 20.7 Å². The number of likely N-dealkylation sites (N-methyl/N-ethyl adjacent to an activating group) is 1. The lowest BCUT2D eigenvalue weighted by Gasteiger charge is -2.31. The number of nitrogens with zero attached hydrogens (tertiary/aromatic N) is 4. The van der Waals surface area contributed by atoms with Gasteiger partial charge in [-0.2, -0.15) is 5.10 Å². The highest BCUT2D eigenvalue weighted by Gasteiger charge is 2.29. The number of piperazine rings is 1. The Kier molecular flexibility index (Phi) is 3.24. The van der Waals surface area contributed by atoms with Crippen LogP contribution in [0.25, 0.3) is 0 Å². The van der Waals surface area contributed by atoms with Crippen molar-refractivity contribution < 1.29 is 19.5 Å². The van der Waals surface area contributed by atoms with Crippen molar-refractivity contribution >= 4 is 17.8 Å². The molecule has 102 valence electrons. The minimum atomic E-state index is -1.10. The molecule has 0 atom stereocenters. The predicted octanol–water partition coefficient (Wildman–Crippen LogP) is -1.08. The van der Waals surface area contributed by atoms with Gasteiger partial charge < -0.3 is 14.9 Å². The number of rotatable bonds is 3. The molecule has 1 aliphatic heterocycles. The first kappa shape index (κ1) is 13.1. The Morgan fingerprint density at radius 1 is 1.32 bits per heavy atom. The average Bonchev–Trinajstić information content (AvgIpc) is 2.68. The first-order valence-corrected chi connectivity index (χ1v) is 5.66. The third-order valence-electron chi connectivity index (χ3n) is 3.11. The van der Waals surface area contributed by atoms with E-state index in [0.717, 1.165) is 0 Å². The summed E-state index contributed by atoms with van der Waals surface area (Å²) in [6.07, 6.45) is 1.24. The van der Waals surface area contributed by atoms with Gasteiger partial charge in [-0.3, -0.25) is 14.3 Å². The number of hydrogen-bond acceptors (Lipinski definition) is 4. The van der Waals surface area contributed by atoms with E-state index in [-0.39, 0.29) is 37.0 Å². The molecule has 1 N–H and O–H groups in total. The number of amides is 2. The van der Waals surface area contributed by atoms with Gasteiger partial charge in [0, 0.05) is 14.1 Å². The summed E-state index contributed by atoms with van der Waals surface area (Å²) in [6, 6.07) is 0. The van der Waals surface area contributed by atoms with Gasteiger partial charge >= 0.3 is 5.97 Å². The molecule has 1 fully saturated rings. The Balaban J connectivity index is 2.22. The topological polar surface area (TPSA) is 95.7 Å². The normalized spacial score (nSPS) is 16.1. The standard InChI is InChI=1S/C11H14N4O4/c1-13-5-10(17)15(6-9(13)16)4-8-7(11(18)19)3-12-14(8)2/h3H,4-6H2,1-2H3,(H,18,19). The maximum atomic E-state index is 11.8. The van der Waals surface area contributed by atoms with Crippen molar-refractivity contribution in [3.8, 4) is 0 Å². The van der Waals surface area contributed by atoms with E-state index in [0.29, 0.717) is 5.69 Å². The smallest absolute Gasteiger partial charge is 0.339 e. The Morgan fingerprint density at radius 3 is 2.63 bits per heavy atom. The summed E-state index contributed by atoms with van der Waals surface area (Å²) in [4.78, 5) is 37.1. The summed E-state index contributed by atoms with van der Waals surface area (Å²) in [5.41, 5.74) is 0.444. The zero-order valence-electron chi connectivity index (χ0n) is 10.7. The molecule has 2 amide bonds. The molecule has 19 heavy (non-hydrogen) atoms. The minimum absolute atomic E-state index is 0.0130. The largest absolute Gasteiger partial charge is 0.478 e. The van der Waals surface area contributed by atoms with E-state index in [2.05, 4.69) is 5.10 Å². The van der Waals surface area contributed by atoms with E-state index in [4.69, 9.17) is 5.11 Å². The van der Waals surface area contributed by atoms with Crippen molar-refractivity contribution in [2.45, 2.75) is 6.54 Å². The van der Waals surface area contributed by atoms with Crippen molar-refractivity contribution in [1.29, 1.82) is 0 Å². The number of aromatic nitrogens is 2. The van der Waals surface area contributed by atoms with Crippen LogP contribution in [0, 0.1) is 0 Å². The number of carbonyl (C=O) groups is 3. The second-order valence-corrected chi connectivity index (χ2v) is 4.43. The van der Waals surface area contributed by atoms with Crippen LogP contribution < -0.4 is 0 Å². The number of carbonyl (C=O) groups excluding carboxylic acids is 2. The summed E-state index contributed by atoms with van der Waals surface area (Å²) in [5, 5.41) is 12.9. The van der Waals surface area contributed by atoms with Gasteiger partial charge in [-0.05, 0) is 0 Å². The molecule has 0 saturated carbocycles. The van der Waals surface area contributed by atoms with E-state index in [1.807, 2.05) is 0 Å². The lowest BCUT2D eigenvalue weighted by molar-refractivity contribution is -0.149. The van der Waals surface area contributed by atoms with Crippen molar-refractivity contribution in [3.05, 3.63) is 17.5 Å². The second kappa shape index (κ2) is 4.71. The third kappa shape index (κ3) is 2.42. The van der Waals surface area contributed by atoms with Crippen molar-refractivity contribution in [2.75, 3.05) is 20.1 Å². The molecule has 0 radical (unpaired) electrons. The molecule has 2 heterocycles. The third-order valence-corrected chi connectivity index (χ3v) is 3.11. The first-order chi connectivity index (χ1) is 8.90. The summed E-state index contributed by atoms with van der Waals surface area (Å²) < 4.78 is 1.40. The maximum absolute atomic E-state index is 11.8. The van der Waals surface area contributed by atoms with Gasteiger partial charge in [0.05, 0.1) is 25.0 Å². The zero-order valence-corrected chi connectivity index (χ0v) is 10.7. The fourth-order valence-corrected chi connectivity index (χ4v) is 1.92. The fraction of sp³-hybridized carbons (Fsp3) is 0.455. The van der Waals surface area contributed by atoms with E-state index in [9.17, 15) is 14.4 Å². The molecule has 0 unspecified atom stereocenters. The molecular weight excluding hydrogens is 252 g/mol. The molecule has 0 bridgehead atoms. The Hall–Kier alpha value is -2.38. The number of aromatic carboxylic acids is 1. The molecule has 0 aliphatic carbocycles. The molecule has 1 aliphatic rings. The van der Waals surface area contributed by atoms with Gasteiger partial charge in [-0.15, -0.1) is 0 Å². The molecule has 8 nitrogen and oxygen atoms in total. The molecule has 2 rings (SSSR count). The quantitative estimate of drug-likeness (QED) is 0.750. The summed E-state index contributed by atoms with van der Waals surface area (Å²) in [6.45, 7) is 0.0369. The average molecular weight is 266 g/mol. The highest BCUT2D eigenvalue weighted by atomic mass is 16.4. The lowest BCUT2D eigenvalue weighted by atomic mass is 10.2. The minimum Gasteiger partial charge on any atom is -0.478 e. The molecule has 0 spiro atoms. The van der Waals surface area contributed by atoms with Crippen molar-refractivity contribution in [1.82, 2.24) is 19.6 Å². The number of hydrogen-bond donors (Lipinski definition) is 1. The van der Waals surface area contributed by atoms with Crippen LogP contribution in [0.2, 0.25) is 0 Å². The Morgan fingerprint density at radius 2 is 2.00 bits per heavy atom. The van der Waals surface area contributed by atoms with Gasteiger partial charge in [0.15, 0.2) is 0 Å². The number of aryl methyl sites for hydroxylation is 1. The van der Waals surface area contributed by atoms with Gasteiger partial charge in [-0.1, -0.05) is 0 Å². The Bertz CT molecular complexity index is 551. The second-order valence-electron chi connectivity index (χ2n) is 4.43. The van der Waals surface area contributed by atoms with Gasteiger partial charge in [0.1, 0.15) is 12.1 Å². The maximum Gasteiger partial charge on any atom is 0.339 e. The number of carboxylic acid groups (broad SMARTS) is 1. The van der Waals surface area contributed by atoms with Crippen LogP contribution in [0.1, 0.15) is 16.1 Å². The monoisotopic (exact) mass is 266 g/mol. The van der Waals surface area contributed by atoms with E-state index < -0.39 is 5.97 Å². The van der Waals surface area contributed by atoms with Crippen molar-refractivity contribution in [3.63, 3.8) is 0 Å². The van der Waals surface area contributed by atoms with E-state index in [1.54, 1.807) is 14.1 Å². The summed E-state index contributed by atoms with van der Waals surface area (Å²) in [7, 11) is 3.16. The predicted molar refractivity (Wildman–Crippen MR) is 63.2 cm³/mol. The number of carboxylic acids is 1. The SMILES string of the molecule is CN1CC(=O)N(Cc2c(C(=O)O)cnn2C)CC1=O. The molecule has 1 aromatic heterocycles. The lowest BCUT2D eigenvalue weighted by Crippen LogP contribution is -2.51. The van der Waals surface area contributed by atoms with Gasteiger partial charge in [0.2, 0.25) is 11.8 Å². The van der Waals surface area contributed by atoms with Crippen LogP contribution in [-0.2, 0) is 23.2 Å². The summed E-state index contributed by atoms with van der Waals surface area (Å²) >= 11 is 0. The first-order valence-electron chi connectivity index (χ1n) is 5.66. The van der Waals surface area contributed by atoms with Crippen molar-refractivity contribution in [2.24, 2.45) is 7.05 Å². The zero-order chi connectivity index (χ0) is 14.2. The van der Waals surface area contributed by atoms with Crippen LogP contribution in [-0.4, -0.2) is 62.6 Å². The van der Waals surface area contributed by atoms with E-state index >= 15 is 0 Å². The molecule has 8 heteroatoms. The molecule has 1 aromatic rings.